The minimum absolute atomic E-state index is 0.174. The molecule has 6 heteroatoms. The van der Waals surface area contributed by atoms with Crippen LogP contribution in [0.4, 0.5) is 0 Å². The SMILES string of the molecule is Cc1cc(C(=O)NNC(=O)Cc2c[nH]c3ccccc23)c(C)n1-c1ccccc1. The van der Waals surface area contributed by atoms with Crippen LogP contribution < -0.4 is 10.9 Å². The van der Waals surface area contributed by atoms with Gasteiger partial charge in [-0.15, -0.1) is 0 Å². The molecule has 2 amide bonds. The molecule has 0 spiro atoms. The lowest BCUT2D eigenvalue weighted by Crippen LogP contribution is -2.42. The Kier molecular flexibility index (Phi) is 4.91. The number of para-hydroxylation sites is 2. The van der Waals surface area contributed by atoms with Crippen LogP contribution in [0.3, 0.4) is 0 Å². The Morgan fingerprint density at radius 1 is 0.966 bits per heavy atom. The van der Waals surface area contributed by atoms with Gasteiger partial charge in [-0.05, 0) is 43.7 Å². The number of nitrogens with zero attached hydrogens (tertiary/aromatic N) is 1. The maximum atomic E-state index is 12.6. The van der Waals surface area contributed by atoms with Gasteiger partial charge >= 0.3 is 0 Å². The van der Waals surface area contributed by atoms with Crippen LogP contribution in [0.5, 0.6) is 0 Å². The van der Waals surface area contributed by atoms with E-state index in [9.17, 15) is 9.59 Å². The van der Waals surface area contributed by atoms with E-state index in [1.165, 1.54) is 0 Å². The van der Waals surface area contributed by atoms with E-state index in [0.29, 0.717) is 5.56 Å². The van der Waals surface area contributed by atoms with Crippen LogP contribution in [0.25, 0.3) is 16.6 Å². The van der Waals surface area contributed by atoms with E-state index >= 15 is 0 Å². The number of hydrogen-bond donors (Lipinski definition) is 3. The van der Waals surface area contributed by atoms with Crippen molar-refractivity contribution >= 4 is 22.7 Å². The second-order valence-corrected chi connectivity index (χ2v) is 6.99. The third-order valence-electron chi connectivity index (χ3n) is 5.03. The molecule has 4 aromatic rings. The molecule has 2 aromatic carbocycles. The maximum Gasteiger partial charge on any atom is 0.271 e. The van der Waals surface area contributed by atoms with E-state index in [4.69, 9.17) is 0 Å². The van der Waals surface area contributed by atoms with Crippen molar-refractivity contribution in [3.63, 3.8) is 0 Å². The molecular weight excluding hydrogens is 364 g/mol. The third-order valence-corrected chi connectivity index (χ3v) is 5.03. The van der Waals surface area contributed by atoms with E-state index in [2.05, 4.69) is 15.8 Å². The van der Waals surface area contributed by atoms with E-state index in [-0.39, 0.29) is 18.2 Å². The Hall–Kier alpha value is -3.80. The molecular formula is C23H22N4O2. The third kappa shape index (κ3) is 3.65. The summed E-state index contributed by atoms with van der Waals surface area (Å²) in [6.07, 6.45) is 1.99. The average molecular weight is 386 g/mol. The Balaban J connectivity index is 1.44. The van der Waals surface area contributed by atoms with Gasteiger partial charge in [0.05, 0.1) is 12.0 Å². The van der Waals surface area contributed by atoms with Gasteiger partial charge in [-0.1, -0.05) is 36.4 Å². The second-order valence-electron chi connectivity index (χ2n) is 6.99. The lowest BCUT2D eigenvalue weighted by Gasteiger charge is -2.10. The number of carbonyl (C=O) groups excluding carboxylic acids is 2. The summed E-state index contributed by atoms with van der Waals surface area (Å²) in [5.74, 6) is -0.618. The highest BCUT2D eigenvalue weighted by molar-refractivity contribution is 5.97. The number of hydrogen-bond acceptors (Lipinski definition) is 2. The minimum atomic E-state index is -0.340. The molecule has 2 heterocycles. The number of aryl methyl sites for hydroxylation is 1. The number of fused-ring (bicyclic) bond motifs is 1. The smallest absolute Gasteiger partial charge is 0.271 e. The Morgan fingerprint density at radius 2 is 1.69 bits per heavy atom. The predicted octanol–water partition coefficient (Wildman–Crippen LogP) is 3.58. The molecule has 3 N–H and O–H groups in total. The fourth-order valence-corrected chi connectivity index (χ4v) is 3.66. The van der Waals surface area contributed by atoms with Crippen molar-refractivity contribution in [2.45, 2.75) is 20.3 Å². The van der Waals surface area contributed by atoms with Gasteiger partial charge in [0.25, 0.3) is 5.91 Å². The summed E-state index contributed by atoms with van der Waals surface area (Å²) in [5, 5.41) is 1.00. The number of nitrogens with one attached hydrogen (secondary N) is 3. The van der Waals surface area contributed by atoms with E-state index in [1.807, 2.05) is 85.3 Å². The largest absolute Gasteiger partial charge is 0.361 e. The molecule has 0 unspecified atom stereocenters. The van der Waals surface area contributed by atoms with Crippen LogP contribution in [-0.4, -0.2) is 21.4 Å². The lowest BCUT2D eigenvalue weighted by atomic mass is 10.1. The maximum absolute atomic E-state index is 12.6. The summed E-state index contributed by atoms with van der Waals surface area (Å²) in [6, 6.07) is 19.5. The first kappa shape index (κ1) is 18.6. The molecule has 0 fully saturated rings. The van der Waals surface area contributed by atoms with Gasteiger partial charge in [-0.25, -0.2) is 0 Å². The zero-order valence-electron chi connectivity index (χ0n) is 16.3. The van der Waals surface area contributed by atoms with Gasteiger partial charge in [0.1, 0.15) is 0 Å². The highest BCUT2D eigenvalue weighted by atomic mass is 16.2. The molecule has 0 atom stereocenters. The fourth-order valence-electron chi connectivity index (χ4n) is 3.66. The lowest BCUT2D eigenvalue weighted by molar-refractivity contribution is -0.121. The van der Waals surface area contributed by atoms with Crippen molar-refractivity contribution in [1.29, 1.82) is 0 Å². The highest BCUT2D eigenvalue weighted by Crippen LogP contribution is 2.21. The highest BCUT2D eigenvalue weighted by Gasteiger charge is 2.17. The van der Waals surface area contributed by atoms with Crippen LogP contribution in [0.15, 0.2) is 66.9 Å². The molecule has 0 aliphatic rings. The monoisotopic (exact) mass is 386 g/mol. The van der Waals surface area contributed by atoms with Crippen molar-refractivity contribution < 1.29 is 9.59 Å². The van der Waals surface area contributed by atoms with E-state index in [1.54, 1.807) is 0 Å². The molecule has 6 nitrogen and oxygen atoms in total. The van der Waals surface area contributed by atoms with Crippen LogP contribution in [0.1, 0.15) is 27.3 Å². The zero-order valence-corrected chi connectivity index (χ0v) is 16.3. The second kappa shape index (κ2) is 7.67. The molecule has 0 bridgehead atoms. The summed E-state index contributed by atoms with van der Waals surface area (Å²) in [7, 11) is 0. The molecule has 2 aromatic heterocycles. The number of amides is 2. The number of rotatable bonds is 4. The standard InChI is InChI=1S/C23H22N4O2/c1-15-12-20(16(2)27(15)18-8-4-3-5-9-18)23(29)26-25-22(28)13-17-14-24-21-11-7-6-10-19(17)21/h3-12,14,24H,13H2,1-2H3,(H,25,28)(H,26,29). The van der Waals surface area contributed by atoms with E-state index < -0.39 is 0 Å². The van der Waals surface area contributed by atoms with Gasteiger partial charge in [0, 0.05) is 34.2 Å². The molecule has 0 saturated carbocycles. The number of hydrazine groups is 1. The first-order valence-corrected chi connectivity index (χ1v) is 9.43. The number of H-pyrrole nitrogens is 1. The van der Waals surface area contributed by atoms with Crippen molar-refractivity contribution in [3.05, 3.63) is 89.4 Å². The molecule has 0 saturated heterocycles. The van der Waals surface area contributed by atoms with Gasteiger partial charge in [-0.2, -0.15) is 0 Å². The van der Waals surface area contributed by atoms with Gasteiger partial charge in [0.2, 0.25) is 5.91 Å². The average Bonchev–Trinajstić information content (AvgIpc) is 3.27. The molecule has 29 heavy (non-hydrogen) atoms. The Morgan fingerprint density at radius 3 is 2.48 bits per heavy atom. The molecule has 0 aliphatic heterocycles. The summed E-state index contributed by atoms with van der Waals surface area (Å²) >= 11 is 0. The fraction of sp³-hybridized carbons (Fsp3) is 0.130. The van der Waals surface area contributed by atoms with Crippen molar-refractivity contribution in [1.82, 2.24) is 20.4 Å². The van der Waals surface area contributed by atoms with Crippen molar-refractivity contribution in [2.75, 3.05) is 0 Å². The van der Waals surface area contributed by atoms with Crippen molar-refractivity contribution in [2.24, 2.45) is 0 Å². The topological polar surface area (TPSA) is 78.9 Å². The Labute approximate surface area is 168 Å². The van der Waals surface area contributed by atoms with Crippen LogP contribution >= 0.6 is 0 Å². The molecule has 0 radical (unpaired) electrons. The van der Waals surface area contributed by atoms with Gasteiger partial charge in [-0.3, -0.25) is 20.4 Å². The van der Waals surface area contributed by atoms with Gasteiger partial charge in [0.15, 0.2) is 0 Å². The normalized spacial score (nSPS) is 10.8. The van der Waals surface area contributed by atoms with E-state index in [0.717, 1.165) is 33.5 Å². The number of aromatic amines is 1. The van der Waals surface area contributed by atoms with Crippen LogP contribution in [0.2, 0.25) is 0 Å². The quantitative estimate of drug-likeness (QED) is 0.469. The summed E-state index contributed by atoms with van der Waals surface area (Å²) in [5.41, 5.74) is 10.2. The Bertz CT molecular complexity index is 1190. The predicted molar refractivity (Wildman–Crippen MR) is 113 cm³/mol. The summed E-state index contributed by atoms with van der Waals surface area (Å²) in [4.78, 5) is 28.1. The zero-order chi connectivity index (χ0) is 20.4. The number of aromatic nitrogens is 2. The first-order valence-electron chi connectivity index (χ1n) is 9.43. The summed E-state index contributed by atoms with van der Waals surface area (Å²) in [6.45, 7) is 3.84. The molecule has 4 rings (SSSR count). The first-order chi connectivity index (χ1) is 14.0. The summed E-state index contributed by atoms with van der Waals surface area (Å²) < 4.78 is 2.02. The van der Waals surface area contributed by atoms with Crippen molar-refractivity contribution in [3.8, 4) is 5.69 Å². The van der Waals surface area contributed by atoms with Crippen LogP contribution in [0, 0.1) is 13.8 Å². The number of carbonyl (C=O) groups is 2. The number of benzene rings is 2. The van der Waals surface area contributed by atoms with Gasteiger partial charge < -0.3 is 9.55 Å². The molecule has 146 valence electrons. The minimum Gasteiger partial charge on any atom is -0.361 e. The van der Waals surface area contributed by atoms with Crippen LogP contribution in [-0.2, 0) is 11.2 Å². The molecule has 0 aliphatic carbocycles.